The van der Waals surface area contributed by atoms with Gasteiger partial charge >= 0.3 is 5.97 Å². The highest BCUT2D eigenvalue weighted by molar-refractivity contribution is 5.80. The summed E-state index contributed by atoms with van der Waals surface area (Å²) in [6.45, 7) is 9.78. The molecule has 0 saturated heterocycles. The van der Waals surface area contributed by atoms with Crippen LogP contribution in [0.25, 0.3) is 0 Å². The number of esters is 1. The Hall–Kier alpha value is -1.58. The molecule has 3 nitrogen and oxygen atoms in total. The van der Waals surface area contributed by atoms with Gasteiger partial charge in [0.1, 0.15) is 17.5 Å². The van der Waals surface area contributed by atoms with Crippen molar-refractivity contribution >= 4 is 11.7 Å². The molecule has 1 aromatic carbocycles. The van der Waals surface area contributed by atoms with E-state index < -0.39 is 11.6 Å². The predicted octanol–water partition coefficient (Wildman–Crippen LogP) is 3.38. The van der Waals surface area contributed by atoms with Gasteiger partial charge in [-0.1, -0.05) is 6.07 Å². The predicted molar refractivity (Wildman–Crippen MR) is 74.7 cm³/mol. The summed E-state index contributed by atoms with van der Waals surface area (Å²) in [6.07, 6.45) is 0. The van der Waals surface area contributed by atoms with E-state index in [4.69, 9.17) is 4.74 Å². The van der Waals surface area contributed by atoms with Gasteiger partial charge in [0.25, 0.3) is 0 Å². The Morgan fingerprint density at radius 2 is 2.05 bits per heavy atom. The summed E-state index contributed by atoms with van der Waals surface area (Å²) in [7, 11) is 0. The van der Waals surface area contributed by atoms with Crippen molar-refractivity contribution in [2.24, 2.45) is 0 Å². The summed E-state index contributed by atoms with van der Waals surface area (Å²) in [5.41, 5.74) is 0.160. The van der Waals surface area contributed by atoms with E-state index in [-0.39, 0.29) is 11.8 Å². The van der Waals surface area contributed by atoms with Crippen LogP contribution in [0.2, 0.25) is 0 Å². The van der Waals surface area contributed by atoms with Gasteiger partial charge in [-0.25, -0.2) is 9.18 Å². The Bertz CT molecular complexity index is 440. The van der Waals surface area contributed by atoms with Crippen LogP contribution in [-0.4, -0.2) is 24.2 Å². The largest absolute Gasteiger partial charge is 0.458 e. The van der Waals surface area contributed by atoms with Gasteiger partial charge in [-0.05, 0) is 52.8 Å². The topological polar surface area (TPSA) is 29.5 Å². The average molecular weight is 267 g/mol. The number of rotatable bonds is 4. The third-order valence-electron chi connectivity index (χ3n) is 2.70. The fraction of sp³-hybridized carbons (Fsp3) is 0.533. The van der Waals surface area contributed by atoms with E-state index in [1.54, 1.807) is 19.1 Å². The highest BCUT2D eigenvalue weighted by Gasteiger charge is 2.26. The molecule has 0 heterocycles. The Labute approximate surface area is 114 Å². The molecular formula is C15H22FNO2. The van der Waals surface area contributed by atoms with Crippen molar-refractivity contribution in [2.75, 3.05) is 11.4 Å². The number of benzene rings is 1. The number of nitrogens with zero attached hydrogens (tertiary/aromatic N) is 1. The van der Waals surface area contributed by atoms with Gasteiger partial charge < -0.3 is 9.64 Å². The third kappa shape index (κ3) is 4.54. The molecule has 1 atom stereocenters. The molecule has 0 fully saturated rings. The van der Waals surface area contributed by atoms with E-state index in [1.165, 1.54) is 12.1 Å². The molecule has 0 aromatic heterocycles. The normalized spacial score (nSPS) is 12.9. The molecule has 0 N–H and O–H groups in total. The second-order valence-corrected chi connectivity index (χ2v) is 5.48. The van der Waals surface area contributed by atoms with Gasteiger partial charge in [-0.15, -0.1) is 0 Å². The molecular weight excluding hydrogens is 245 g/mol. The van der Waals surface area contributed by atoms with Crippen LogP contribution in [0.1, 0.15) is 34.6 Å². The number of ether oxygens (including phenoxy) is 1. The van der Waals surface area contributed by atoms with Crippen molar-refractivity contribution in [3.8, 4) is 0 Å². The van der Waals surface area contributed by atoms with Gasteiger partial charge in [0, 0.05) is 12.2 Å². The molecule has 1 aromatic rings. The van der Waals surface area contributed by atoms with Crippen LogP contribution < -0.4 is 4.90 Å². The van der Waals surface area contributed by atoms with Gasteiger partial charge in [0.15, 0.2) is 0 Å². The van der Waals surface area contributed by atoms with Crippen LogP contribution >= 0.6 is 0 Å². The first kappa shape index (κ1) is 15.5. The molecule has 0 spiro atoms. The van der Waals surface area contributed by atoms with Crippen LogP contribution in [0.15, 0.2) is 24.3 Å². The zero-order valence-corrected chi connectivity index (χ0v) is 12.2. The zero-order valence-electron chi connectivity index (χ0n) is 12.2. The lowest BCUT2D eigenvalue weighted by Gasteiger charge is -2.31. The van der Waals surface area contributed by atoms with Crippen LogP contribution in [-0.2, 0) is 9.53 Å². The Balaban J connectivity index is 2.88. The SMILES string of the molecule is CCN(c1cccc(F)c1)C(C)C(=O)OC(C)(C)C. The lowest BCUT2D eigenvalue weighted by atomic mass is 10.1. The Kier molecular flexibility index (Phi) is 4.92. The van der Waals surface area contributed by atoms with Gasteiger partial charge in [0.05, 0.1) is 0 Å². The molecule has 1 rings (SSSR count). The number of halogens is 1. The van der Waals surface area contributed by atoms with Crippen molar-refractivity contribution in [2.45, 2.75) is 46.3 Å². The van der Waals surface area contributed by atoms with Gasteiger partial charge in [0.2, 0.25) is 0 Å². The minimum absolute atomic E-state index is 0.307. The van der Waals surface area contributed by atoms with Crippen LogP contribution in [0.4, 0.5) is 10.1 Å². The van der Waals surface area contributed by atoms with E-state index in [2.05, 4.69) is 0 Å². The zero-order chi connectivity index (χ0) is 14.6. The van der Waals surface area contributed by atoms with Crippen molar-refractivity contribution in [3.63, 3.8) is 0 Å². The maximum Gasteiger partial charge on any atom is 0.328 e. The van der Waals surface area contributed by atoms with E-state index in [0.717, 1.165) is 0 Å². The lowest BCUT2D eigenvalue weighted by molar-refractivity contribution is -0.156. The quantitative estimate of drug-likeness (QED) is 0.783. The number of anilines is 1. The average Bonchev–Trinajstić information content (AvgIpc) is 2.27. The summed E-state index contributed by atoms with van der Waals surface area (Å²) < 4.78 is 18.6. The fourth-order valence-corrected chi connectivity index (χ4v) is 1.85. The molecule has 106 valence electrons. The molecule has 1 unspecified atom stereocenters. The summed E-state index contributed by atoms with van der Waals surface area (Å²) in [4.78, 5) is 13.9. The van der Waals surface area contributed by atoms with E-state index in [0.29, 0.717) is 12.2 Å². The number of hydrogen-bond acceptors (Lipinski definition) is 3. The maximum absolute atomic E-state index is 13.3. The second-order valence-electron chi connectivity index (χ2n) is 5.48. The van der Waals surface area contributed by atoms with E-state index >= 15 is 0 Å². The summed E-state index contributed by atoms with van der Waals surface area (Å²) in [6, 6.07) is 5.77. The number of carbonyl (C=O) groups excluding carboxylic acids is 1. The minimum atomic E-state index is -0.521. The first-order valence-electron chi connectivity index (χ1n) is 6.49. The molecule has 0 saturated carbocycles. The van der Waals surface area contributed by atoms with Crippen molar-refractivity contribution in [1.82, 2.24) is 0 Å². The summed E-state index contributed by atoms with van der Waals surface area (Å²) in [5, 5.41) is 0. The number of hydrogen-bond donors (Lipinski definition) is 0. The van der Waals surface area contributed by atoms with Crippen molar-refractivity contribution in [3.05, 3.63) is 30.1 Å². The van der Waals surface area contributed by atoms with Crippen LogP contribution in [0.5, 0.6) is 0 Å². The molecule has 0 aliphatic carbocycles. The molecule has 0 aliphatic heterocycles. The lowest BCUT2D eigenvalue weighted by Crippen LogP contribution is -2.42. The summed E-state index contributed by atoms with van der Waals surface area (Å²) in [5.74, 6) is -0.619. The summed E-state index contributed by atoms with van der Waals surface area (Å²) >= 11 is 0. The fourth-order valence-electron chi connectivity index (χ4n) is 1.85. The van der Waals surface area contributed by atoms with Gasteiger partial charge in [-0.3, -0.25) is 0 Å². The van der Waals surface area contributed by atoms with Crippen LogP contribution in [0, 0.1) is 5.82 Å². The monoisotopic (exact) mass is 267 g/mol. The molecule has 0 amide bonds. The third-order valence-corrected chi connectivity index (χ3v) is 2.70. The number of carbonyl (C=O) groups is 1. The molecule has 0 aliphatic rings. The highest BCUT2D eigenvalue weighted by atomic mass is 19.1. The minimum Gasteiger partial charge on any atom is -0.458 e. The molecule has 19 heavy (non-hydrogen) atoms. The highest BCUT2D eigenvalue weighted by Crippen LogP contribution is 2.20. The van der Waals surface area contributed by atoms with Crippen LogP contribution in [0.3, 0.4) is 0 Å². The second kappa shape index (κ2) is 6.04. The van der Waals surface area contributed by atoms with E-state index in [1.807, 2.05) is 32.6 Å². The first-order chi connectivity index (χ1) is 8.74. The standard InChI is InChI=1S/C15H22FNO2/c1-6-17(13-9-7-8-12(16)10-13)11(2)14(18)19-15(3,4)5/h7-11H,6H2,1-5H3. The number of likely N-dealkylation sites (N-methyl/N-ethyl adjacent to an activating group) is 1. The first-order valence-corrected chi connectivity index (χ1v) is 6.49. The van der Waals surface area contributed by atoms with E-state index in [9.17, 15) is 9.18 Å². The van der Waals surface area contributed by atoms with Crippen molar-refractivity contribution in [1.29, 1.82) is 0 Å². The maximum atomic E-state index is 13.3. The molecule has 4 heteroatoms. The van der Waals surface area contributed by atoms with Crippen molar-refractivity contribution < 1.29 is 13.9 Å². The molecule has 0 radical (unpaired) electrons. The Morgan fingerprint density at radius 3 is 2.53 bits per heavy atom. The Morgan fingerprint density at radius 1 is 1.42 bits per heavy atom. The smallest absolute Gasteiger partial charge is 0.328 e. The van der Waals surface area contributed by atoms with Gasteiger partial charge in [-0.2, -0.15) is 0 Å². The molecule has 0 bridgehead atoms.